The lowest BCUT2D eigenvalue weighted by Crippen LogP contribution is -2.57. The van der Waals surface area contributed by atoms with Gasteiger partial charge in [0.25, 0.3) is 5.91 Å². The van der Waals surface area contributed by atoms with Crippen molar-refractivity contribution in [3.05, 3.63) is 29.3 Å². The van der Waals surface area contributed by atoms with Gasteiger partial charge in [0, 0.05) is 23.7 Å². The summed E-state index contributed by atoms with van der Waals surface area (Å²) in [5, 5.41) is 5.60. The lowest BCUT2D eigenvalue weighted by molar-refractivity contribution is -0.140. The van der Waals surface area contributed by atoms with E-state index < -0.39 is 23.4 Å². The molecule has 0 unspecified atom stereocenters. The van der Waals surface area contributed by atoms with Crippen molar-refractivity contribution in [2.45, 2.75) is 52.3 Å². The number of rotatable bonds is 3. The van der Waals surface area contributed by atoms with E-state index in [-0.39, 0.29) is 36.2 Å². The van der Waals surface area contributed by atoms with E-state index >= 15 is 0 Å². The number of Topliss-reactive ketones (excluding diaryl/α,β-unsaturated/α-hetero) is 1. The van der Waals surface area contributed by atoms with Crippen LogP contribution in [-0.4, -0.2) is 59.7 Å². The molecule has 8 nitrogen and oxygen atoms in total. The fourth-order valence-electron chi connectivity index (χ4n) is 4.50. The number of hydrogen-bond donors (Lipinski definition) is 2. The number of carbonyl (C=O) groups is 4. The number of fused-ring (bicyclic) bond motifs is 2. The summed E-state index contributed by atoms with van der Waals surface area (Å²) >= 11 is 0. The minimum Gasteiger partial charge on any atom is -0.367 e. The Hall–Kier alpha value is -2.74. The molecule has 0 bridgehead atoms. The van der Waals surface area contributed by atoms with Gasteiger partial charge >= 0.3 is 0 Å². The van der Waals surface area contributed by atoms with Gasteiger partial charge < -0.3 is 20.3 Å². The van der Waals surface area contributed by atoms with E-state index in [9.17, 15) is 19.2 Å². The third-order valence-electron chi connectivity index (χ3n) is 6.11. The Balaban J connectivity index is 1.56. The van der Waals surface area contributed by atoms with Crippen LogP contribution in [0.5, 0.6) is 0 Å². The minimum absolute atomic E-state index is 0.0246. The molecule has 1 aromatic carbocycles. The summed E-state index contributed by atoms with van der Waals surface area (Å²) in [6.07, 6.45) is 0.0182. The van der Waals surface area contributed by atoms with Crippen LogP contribution >= 0.6 is 0 Å². The van der Waals surface area contributed by atoms with E-state index in [1.807, 2.05) is 27.7 Å². The molecular weight excluding hydrogens is 386 g/mol. The van der Waals surface area contributed by atoms with Gasteiger partial charge in [0.2, 0.25) is 11.8 Å². The summed E-state index contributed by atoms with van der Waals surface area (Å²) < 4.78 is 5.58. The average Bonchev–Trinajstić information content (AvgIpc) is 3.32. The molecule has 0 spiro atoms. The van der Waals surface area contributed by atoms with E-state index in [2.05, 4.69) is 10.6 Å². The van der Waals surface area contributed by atoms with Gasteiger partial charge in [-0.05, 0) is 23.1 Å². The van der Waals surface area contributed by atoms with Crippen molar-refractivity contribution < 1.29 is 23.9 Å². The minimum atomic E-state index is -0.813. The largest absolute Gasteiger partial charge is 0.367 e. The van der Waals surface area contributed by atoms with Crippen LogP contribution < -0.4 is 10.6 Å². The fraction of sp³-hybridized carbons (Fsp3) is 0.545. The van der Waals surface area contributed by atoms with Crippen molar-refractivity contribution in [3.8, 4) is 0 Å². The Morgan fingerprint density at radius 3 is 2.70 bits per heavy atom. The first kappa shape index (κ1) is 20.5. The molecule has 0 saturated carbocycles. The highest BCUT2D eigenvalue weighted by atomic mass is 16.5. The predicted molar refractivity (Wildman–Crippen MR) is 109 cm³/mol. The van der Waals surface area contributed by atoms with Crippen LogP contribution in [0.4, 0.5) is 5.69 Å². The molecule has 0 radical (unpaired) electrons. The summed E-state index contributed by atoms with van der Waals surface area (Å²) in [6, 6.07) is 3.64. The first-order valence-corrected chi connectivity index (χ1v) is 10.2. The summed E-state index contributed by atoms with van der Waals surface area (Å²) in [6.45, 7) is 8.05. The molecular formula is C22H27N3O5. The number of benzene rings is 1. The van der Waals surface area contributed by atoms with Crippen LogP contribution in [0.1, 0.15) is 43.6 Å². The van der Waals surface area contributed by atoms with Gasteiger partial charge in [0.15, 0.2) is 5.78 Å². The average molecular weight is 413 g/mol. The van der Waals surface area contributed by atoms with Crippen molar-refractivity contribution in [1.82, 2.24) is 10.2 Å². The fourth-order valence-corrected chi connectivity index (χ4v) is 4.50. The molecule has 3 amide bonds. The number of ketones is 1. The van der Waals surface area contributed by atoms with Crippen molar-refractivity contribution in [3.63, 3.8) is 0 Å². The standard InChI is InChI=1S/C22H27N3O5/c1-11-9-25(17-15(26)10-30-18(11)17)21(29)19(22(2,3)4)24-20(28)13-6-5-12-8-16(27)23-14(12)7-13/h5-7,11,17-19H,8-10H2,1-4H3,(H,23,27)(H,24,28)/t11-,17-,18-,19-/m1/s1. The molecule has 8 heteroatoms. The van der Waals surface area contributed by atoms with Crippen molar-refractivity contribution >= 4 is 29.2 Å². The second-order valence-corrected chi connectivity index (χ2v) is 9.52. The first-order chi connectivity index (χ1) is 14.1. The summed E-state index contributed by atoms with van der Waals surface area (Å²) in [5.74, 6) is -0.812. The smallest absolute Gasteiger partial charge is 0.252 e. The van der Waals surface area contributed by atoms with Gasteiger partial charge in [-0.2, -0.15) is 0 Å². The highest BCUT2D eigenvalue weighted by Gasteiger charge is 2.52. The molecule has 0 aliphatic carbocycles. The normalized spacial score (nSPS) is 26.3. The Morgan fingerprint density at radius 2 is 2.00 bits per heavy atom. The molecule has 2 N–H and O–H groups in total. The second-order valence-electron chi connectivity index (χ2n) is 9.52. The lowest BCUT2D eigenvalue weighted by atomic mass is 9.85. The van der Waals surface area contributed by atoms with Crippen molar-refractivity contribution in [2.75, 3.05) is 18.5 Å². The summed E-state index contributed by atoms with van der Waals surface area (Å²) in [5.41, 5.74) is 1.26. The molecule has 0 aromatic heterocycles. The number of nitrogens with zero attached hydrogens (tertiary/aromatic N) is 1. The molecule has 4 rings (SSSR count). The maximum atomic E-state index is 13.5. The molecule has 3 aliphatic heterocycles. The SMILES string of the molecule is C[C@@H]1CN(C(=O)[C@@H](NC(=O)c2ccc3c(c2)NC(=O)C3)C(C)(C)C)[C@@H]2C(=O)CO[C@H]12. The highest BCUT2D eigenvalue weighted by molar-refractivity contribution is 6.03. The van der Waals surface area contributed by atoms with Gasteiger partial charge in [0.05, 0.1) is 12.5 Å². The number of carbonyl (C=O) groups excluding carboxylic acids is 4. The number of anilines is 1. The Bertz CT molecular complexity index is 935. The maximum absolute atomic E-state index is 13.5. The number of nitrogens with one attached hydrogen (secondary N) is 2. The van der Waals surface area contributed by atoms with Crippen molar-refractivity contribution in [1.29, 1.82) is 0 Å². The van der Waals surface area contributed by atoms with Crippen LogP contribution in [0.25, 0.3) is 0 Å². The zero-order chi connectivity index (χ0) is 21.8. The quantitative estimate of drug-likeness (QED) is 0.773. The first-order valence-electron chi connectivity index (χ1n) is 10.2. The summed E-state index contributed by atoms with van der Waals surface area (Å²) in [4.78, 5) is 51.9. The van der Waals surface area contributed by atoms with Gasteiger partial charge in [-0.15, -0.1) is 0 Å². The van der Waals surface area contributed by atoms with Gasteiger partial charge in [-0.3, -0.25) is 19.2 Å². The number of likely N-dealkylation sites (tertiary alicyclic amines) is 1. The second kappa shape index (κ2) is 7.19. The zero-order valence-electron chi connectivity index (χ0n) is 17.7. The predicted octanol–water partition coefficient (Wildman–Crippen LogP) is 1.14. The van der Waals surface area contributed by atoms with Gasteiger partial charge in [-0.25, -0.2) is 0 Å². The molecule has 3 heterocycles. The van der Waals surface area contributed by atoms with Gasteiger partial charge in [-0.1, -0.05) is 33.8 Å². The van der Waals surface area contributed by atoms with E-state index in [1.165, 1.54) is 0 Å². The van der Waals surface area contributed by atoms with Gasteiger partial charge in [0.1, 0.15) is 18.7 Å². The Morgan fingerprint density at radius 1 is 1.27 bits per heavy atom. The molecule has 1 aromatic rings. The molecule has 3 aliphatic rings. The van der Waals surface area contributed by atoms with Crippen LogP contribution in [0.2, 0.25) is 0 Å². The molecule has 160 valence electrons. The van der Waals surface area contributed by atoms with Crippen LogP contribution in [0, 0.1) is 11.3 Å². The monoisotopic (exact) mass is 413 g/mol. The number of ether oxygens (including phenoxy) is 1. The van der Waals surface area contributed by atoms with Crippen LogP contribution in [0.3, 0.4) is 0 Å². The molecule has 2 fully saturated rings. The molecule has 30 heavy (non-hydrogen) atoms. The molecule has 4 atom stereocenters. The number of hydrogen-bond acceptors (Lipinski definition) is 5. The highest BCUT2D eigenvalue weighted by Crippen LogP contribution is 2.34. The maximum Gasteiger partial charge on any atom is 0.252 e. The molecule has 2 saturated heterocycles. The summed E-state index contributed by atoms with van der Waals surface area (Å²) in [7, 11) is 0. The Kier molecular flexibility index (Phi) is 4.92. The van der Waals surface area contributed by atoms with Crippen molar-refractivity contribution in [2.24, 2.45) is 11.3 Å². The van der Waals surface area contributed by atoms with E-state index in [1.54, 1.807) is 23.1 Å². The zero-order valence-corrected chi connectivity index (χ0v) is 17.7. The lowest BCUT2D eigenvalue weighted by Gasteiger charge is -2.35. The van der Waals surface area contributed by atoms with E-state index in [0.717, 1.165) is 5.56 Å². The third kappa shape index (κ3) is 3.49. The van der Waals surface area contributed by atoms with Crippen LogP contribution in [-0.2, 0) is 25.5 Å². The van der Waals surface area contributed by atoms with Crippen LogP contribution in [0.15, 0.2) is 18.2 Å². The number of amides is 3. The third-order valence-corrected chi connectivity index (χ3v) is 6.11. The topological polar surface area (TPSA) is 105 Å². The van der Waals surface area contributed by atoms with E-state index in [0.29, 0.717) is 24.2 Å². The van der Waals surface area contributed by atoms with E-state index in [4.69, 9.17) is 4.74 Å². The Labute approximate surface area is 175 Å².